The monoisotopic (exact) mass is 413 g/mol. The molecule has 154 valence electrons. The van der Waals surface area contributed by atoms with Gasteiger partial charge in [0.2, 0.25) is 0 Å². The third-order valence-electron chi connectivity index (χ3n) is 4.77. The first kappa shape index (κ1) is 20.0. The van der Waals surface area contributed by atoms with Crippen LogP contribution in [0.3, 0.4) is 0 Å². The Morgan fingerprint density at radius 1 is 0.774 bits per heavy atom. The minimum Gasteiger partial charge on any atom is -0.465 e. The molecule has 0 radical (unpaired) electrons. The van der Waals surface area contributed by atoms with Gasteiger partial charge >= 0.3 is 11.9 Å². The average Bonchev–Trinajstić information content (AvgIpc) is 3.25. The van der Waals surface area contributed by atoms with Crippen molar-refractivity contribution in [3.05, 3.63) is 90.3 Å². The van der Waals surface area contributed by atoms with Crippen LogP contribution in [0.15, 0.2) is 79.0 Å². The topological polar surface area (TPSA) is 83.3 Å². The molecule has 0 aliphatic rings. The number of rotatable bonds is 5. The molecule has 0 saturated carbocycles. The van der Waals surface area contributed by atoms with E-state index in [4.69, 9.17) is 9.47 Å². The van der Waals surface area contributed by atoms with Crippen LogP contribution < -0.4 is 0 Å². The number of para-hydroxylation sites is 1. The molecule has 2 heterocycles. The predicted octanol–water partition coefficient (Wildman–Crippen LogP) is 4.17. The first-order valence-corrected chi connectivity index (χ1v) is 9.51. The van der Waals surface area contributed by atoms with Gasteiger partial charge in [0.1, 0.15) is 11.3 Å². The van der Waals surface area contributed by atoms with E-state index in [1.54, 1.807) is 18.3 Å². The quantitative estimate of drug-likeness (QED) is 0.457. The second-order valence-electron chi connectivity index (χ2n) is 6.60. The first-order chi connectivity index (χ1) is 15.1. The normalized spacial score (nSPS) is 10.5. The molecule has 0 N–H and O–H groups in total. The van der Waals surface area contributed by atoms with Crippen molar-refractivity contribution >= 4 is 11.9 Å². The number of hydrogen-bond acceptors (Lipinski definition) is 6. The van der Waals surface area contributed by atoms with Crippen LogP contribution in [-0.4, -0.2) is 40.9 Å². The van der Waals surface area contributed by atoms with E-state index < -0.39 is 11.9 Å². The summed E-state index contributed by atoms with van der Waals surface area (Å²) in [6.07, 6.45) is 1.72. The van der Waals surface area contributed by atoms with Crippen LogP contribution in [0.4, 0.5) is 0 Å². The fourth-order valence-electron chi connectivity index (χ4n) is 3.29. The van der Waals surface area contributed by atoms with E-state index in [0.717, 1.165) is 11.3 Å². The van der Waals surface area contributed by atoms with E-state index in [1.165, 1.54) is 18.9 Å². The fourth-order valence-corrected chi connectivity index (χ4v) is 3.29. The summed E-state index contributed by atoms with van der Waals surface area (Å²) < 4.78 is 11.3. The van der Waals surface area contributed by atoms with E-state index in [-0.39, 0.29) is 11.3 Å². The molecule has 0 aliphatic carbocycles. The lowest BCUT2D eigenvalue weighted by atomic mass is 10.0. The van der Waals surface area contributed by atoms with Crippen molar-refractivity contribution in [3.8, 4) is 28.2 Å². The van der Waals surface area contributed by atoms with Crippen LogP contribution >= 0.6 is 0 Å². The van der Waals surface area contributed by atoms with Crippen LogP contribution in [0.25, 0.3) is 28.2 Å². The molecule has 7 nitrogen and oxygen atoms in total. The molecule has 0 bridgehead atoms. The minimum atomic E-state index is -0.687. The number of aromatic nitrogens is 3. The SMILES string of the molecule is COC(=O)c1c(-c2ccc(-c3ccccn3)cc2)nn(-c2ccccc2)c1C(=O)OC. The third kappa shape index (κ3) is 3.81. The van der Waals surface area contributed by atoms with Gasteiger partial charge in [0.25, 0.3) is 0 Å². The number of hydrogen-bond donors (Lipinski definition) is 0. The van der Waals surface area contributed by atoms with Crippen LogP contribution in [0.5, 0.6) is 0 Å². The highest BCUT2D eigenvalue weighted by Crippen LogP contribution is 2.30. The molecular weight excluding hydrogens is 394 g/mol. The molecular formula is C24H19N3O4. The Morgan fingerprint density at radius 2 is 1.42 bits per heavy atom. The zero-order chi connectivity index (χ0) is 21.8. The highest BCUT2D eigenvalue weighted by atomic mass is 16.5. The van der Waals surface area contributed by atoms with Gasteiger partial charge in [0, 0.05) is 17.3 Å². The van der Waals surface area contributed by atoms with Crippen molar-refractivity contribution in [2.45, 2.75) is 0 Å². The van der Waals surface area contributed by atoms with Crippen molar-refractivity contribution in [3.63, 3.8) is 0 Å². The lowest BCUT2D eigenvalue weighted by molar-refractivity contribution is 0.0549. The molecule has 0 atom stereocenters. The molecule has 7 heteroatoms. The van der Waals surface area contributed by atoms with Crippen molar-refractivity contribution in [2.75, 3.05) is 14.2 Å². The van der Waals surface area contributed by atoms with Gasteiger partial charge in [0.15, 0.2) is 5.69 Å². The van der Waals surface area contributed by atoms with E-state index >= 15 is 0 Å². The Labute approximate surface area is 178 Å². The van der Waals surface area contributed by atoms with Crippen LogP contribution in [-0.2, 0) is 9.47 Å². The maximum atomic E-state index is 12.7. The fraction of sp³-hybridized carbons (Fsp3) is 0.0833. The largest absolute Gasteiger partial charge is 0.465 e. The van der Waals surface area contributed by atoms with E-state index in [9.17, 15) is 9.59 Å². The Balaban J connectivity index is 1.90. The van der Waals surface area contributed by atoms with Crippen LogP contribution in [0.1, 0.15) is 20.8 Å². The van der Waals surface area contributed by atoms with Gasteiger partial charge in [-0.1, -0.05) is 48.5 Å². The lowest BCUT2D eigenvalue weighted by Crippen LogP contribution is -2.15. The maximum absolute atomic E-state index is 12.7. The molecule has 0 amide bonds. The van der Waals surface area contributed by atoms with Crippen molar-refractivity contribution < 1.29 is 19.1 Å². The molecule has 0 saturated heterocycles. The summed E-state index contributed by atoms with van der Waals surface area (Å²) in [5.74, 6) is -1.36. The number of ether oxygens (including phenoxy) is 2. The minimum absolute atomic E-state index is 0.00403. The zero-order valence-corrected chi connectivity index (χ0v) is 17.0. The standard InChI is InChI=1S/C24H19N3O4/c1-30-23(28)20-21(17-13-11-16(12-14-17)19-10-6-7-15-25-19)26-27(22(20)24(29)31-2)18-8-4-3-5-9-18/h3-15H,1-2H3. The predicted molar refractivity (Wildman–Crippen MR) is 115 cm³/mol. The summed E-state index contributed by atoms with van der Waals surface area (Å²) in [7, 11) is 2.52. The van der Waals surface area contributed by atoms with E-state index in [1.807, 2.05) is 60.7 Å². The molecule has 31 heavy (non-hydrogen) atoms. The van der Waals surface area contributed by atoms with E-state index in [2.05, 4.69) is 10.1 Å². The molecule has 4 rings (SSSR count). The number of esters is 2. The van der Waals surface area contributed by atoms with Crippen molar-refractivity contribution in [1.29, 1.82) is 0 Å². The molecule has 0 unspecified atom stereocenters. The van der Waals surface area contributed by atoms with Crippen molar-refractivity contribution in [1.82, 2.24) is 14.8 Å². The number of carbonyl (C=O) groups is 2. The summed E-state index contributed by atoms with van der Waals surface area (Å²) in [4.78, 5) is 29.7. The van der Waals surface area contributed by atoms with Gasteiger partial charge in [-0.3, -0.25) is 4.98 Å². The number of benzene rings is 2. The summed E-state index contributed by atoms with van der Waals surface area (Å²) >= 11 is 0. The first-order valence-electron chi connectivity index (χ1n) is 9.51. The number of carbonyl (C=O) groups excluding carboxylic acids is 2. The molecule has 0 fully saturated rings. The number of pyridine rings is 1. The Morgan fingerprint density at radius 3 is 2.03 bits per heavy atom. The lowest BCUT2D eigenvalue weighted by Gasteiger charge is -2.07. The second-order valence-corrected chi connectivity index (χ2v) is 6.60. The Hall–Kier alpha value is -4.26. The smallest absolute Gasteiger partial charge is 0.357 e. The number of nitrogens with zero attached hydrogens (tertiary/aromatic N) is 3. The average molecular weight is 413 g/mol. The van der Waals surface area contributed by atoms with Gasteiger partial charge in [-0.05, 0) is 24.3 Å². The second kappa shape index (κ2) is 8.62. The summed E-state index contributed by atoms with van der Waals surface area (Å²) in [5.41, 5.74) is 3.38. The summed E-state index contributed by atoms with van der Waals surface area (Å²) in [6, 6.07) is 22.2. The maximum Gasteiger partial charge on any atom is 0.357 e. The van der Waals surface area contributed by atoms with Gasteiger partial charge in [-0.15, -0.1) is 0 Å². The highest BCUT2D eigenvalue weighted by Gasteiger charge is 2.31. The van der Waals surface area contributed by atoms with Gasteiger partial charge < -0.3 is 9.47 Å². The molecule has 2 aromatic heterocycles. The third-order valence-corrected chi connectivity index (χ3v) is 4.77. The molecule has 0 spiro atoms. The highest BCUT2D eigenvalue weighted by molar-refractivity contribution is 6.06. The van der Waals surface area contributed by atoms with Crippen LogP contribution in [0, 0.1) is 0 Å². The molecule has 0 aliphatic heterocycles. The molecule has 4 aromatic rings. The Bertz CT molecular complexity index is 1220. The van der Waals surface area contributed by atoms with Crippen molar-refractivity contribution in [2.24, 2.45) is 0 Å². The zero-order valence-electron chi connectivity index (χ0n) is 17.0. The van der Waals surface area contributed by atoms with Gasteiger partial charge in [-0.25, -0.2) is 14.3 Å². The summed E-state index contributed by atoms with van der Waals surface area (Å²) in [6.45, 7) is 0. The van der Waals surface area contributed by atoms with E-state index in [0.29, 0.717) is 16.9 Å². The molecule has 2 aromatic carbocycles. The van der Waals surface area contributed by atoms with Gasteiger partial charge in [0.05, 0.1) is 25.6 Å². The van der Waals surface area contributed by atoms with Crippen LogP contribution in [0.2, 0.25) is 0 Å². The van der Waals surface area contributed by atoms with Gasteiger partial charge in [-0.2, -0.15) is 5.10 Å². The Kier molecular flexibility index (Phi) is 5.57. The number of methoxy groups -OCH3 is 2. The summed E-state index contributed by atoms with van der Waals surface area (Å²) in [5, 5.41) is 4.59.